The zero-order valence-electron chi connectivity index (χ0n) is 16.1. The Hall–Kier alpha value is -1.93. The zero-order valence-corrected chi connectivity index (χ0v) is 16.9. The van der Waals surface area contributed by atoms with Gasteiger partial charge in [0.05, 0.1) is 4.90 Å². The minimum absolute atomic E-state index is 0.101. The van der Waals surface area contributed by atoms with Crippen molar-refractivity contribution in [1.29, 1.82) is 0 Å². The minimum atomic E-state index is -3.84. The summed E-state index contributed by atoms with van der Waals surface area (Å²) >= 11 is 0. The quantitative estimate of drug-likeness (QED) is 0.650. The van der Waals surface area contributed by atoms with Crippen molar-refractivity contribution in [2.24, 2.45) is 5.92 Å². The van der Waals surface area contributed by atoms with Crippen LogP contribution in [0, 0.1) is 12.8 Å². The Bertz CT molecular complexity index is 760. The maximum Gasteiger partial charge on any atom is 0.242 e. The van der Waals surface area contributed by atoms with Gasteiger partial charge < -0.3 is 10.6 Å². The first-order valence-electron chi connectivity index (χ1n) is 9.36. The third-order valence-corrected chi connectivity index (χ3v) is 5.99. The lowest BCUT2D eigenvalue weighted by Gasteiger charge is -2.23. The van der Waals surface area contributed by atoms with Crippen LogP contribution < -0.4 is 15.4 Å². The van der Waals surface area contributed by atoms with E-state index in [1.165, 1.54) is 12.1 Å². The molecule has 1 aliphatic heterocycles. The van der Waals surface area contributed by atoms with Gasteiger partial charge in [0, 0.05) is 6.54 Å². The molecule has 2 amide bonds. The smallest absolute Gasteiger partial charge is 0.242 e. The Morgan fingerprint density at radius 3 is 2.52 bits per heavy atom. The summed E-state index contributed by atoms with van der Waals surface area (Å²) in [6.45, 7) is 6.30. The van der Waals surface area contributed by atoms with Gasteiger partial charge in [0.2, 0.25) is 21.8 Å². The highest BCUT2D eigenvalue weighted by Crippen LogP contribution is 2.14. The van der Waals surface area contributed by atoms with E-state index in [-0.39, 0.29) is 16.7 Å². The van der Waals surface area contributed by atoms with E-state index in [9.17, 15) is 18.0 Å². The average Bonchev–Trinajstić information content (AvgIpc) is 2.78. The van der Waals surface area contributed by atoms with Crippen molar-refractivity contribution < 1.29 is 18.0 Å². The largest absolute Gasteiger partial charge is 0.354 e. The van der Waals surface area contributed by atoms with Crippen molar-refractivity contribution in [3.8, 4) is 0 Å². The zero-order chi connectivity index (χ0) is 20.0. The third kappa shape index (κ3) is 6.32. The molecule has 2 atom stereocenters. The van der Waals surface area contributed by atoms with Crippen LogP contribution in [0.3, 0.4) is 0 Å². The molecule has 1 aromatic carbocycles. The van der Waals surface area contributed by atoms with E-state index in [2.05, 4.69) is 15.4 Å². The number of aryl methyl sites for hydroxylation is 1. The molecule has 150 valence electrons. The predicted octanol–water partition coefficient (Wildman–Crippen LogP) is 1.47. The highest BCUT2D eigenvalue weighted by atomic mass is 32.2. The molecule has 0 aliphatic carbocycles. The normalized spacial score (nSPS) is 19.3. The number of sulfonamides is 1. The molecule has 0 saturated carbocycles. The second kappa shape index (κ2) is 9.32. The second-order valence-electron chi connectivity index (χ2n) is 7.46. The van der Waals surface area contributed by atoms with Gasteiger partial charge in [-0.05, 0) is 50.7 Å². The number of amides is 2. The van der Waals surface area contributed by atoms with Crippen LogP contribution in [0.2, 0.25) is 0 Å². The number of carbonyl (C=O) groups excluding carboxylic acids is 2. The van der Waals surface area contributed by atoms with Crippen LogP contribution >= 0.6 is 0 Å². The molecule has 0 aromatic heterocycles. The molecule has 0 unspecified atom stereocenters. The Labute approximate surface area is 161 Å². The summed E-state index contributed by atoms with van der Waals surface area (Å²) in [5.74, 6) is -0.587. The van der Waals surface area contributed by atoms with Gasteiger partial charge in [0.25, 0.3) is 0 Å². The van der Waals surface area contributed by atoms with E-state index >= 15 is 0 Å². The van der Waals surface area contributed by atoms with Crippen molar-refractivity contribution in [3.05, 3.63) is 29.8 Å². The Morgan fingerprint density at radius 2 is 1.89 bits per heavy atom. The van der Waals surface area contributed by atoms with E-state index < -0.39 is 28.0 Å². The summed E-state index contributed by atoms with van der Waals surface area (Å²) in [5.41, 5.74) is 0.949. The van der Waals surface area contributed by atoms with Crippen LogP contribution in [0.25, 0.3) is 0 Å². The number of hydrogen-bond donors (Lipinski definition) is 3. The number of nitrogens with one attached hydrogen (secondary N) is 3. The highest BCUT2D eigenvalue weighted by Gasteiger charge is 2.30. The molecule has 0 bridgehead atoms. The molecule has 0 spiro atoms. The fourth-order valence-corrected chi connectivity index (χ4v) is 4.21. The van der Waals surface area contributed by atoms with E-state index in [1.807, 2.05) is 20.8 Å². The van der Waals surface area contributed by atoms with Crippen LogP contribution in [-0.2, 0) is 19.6 Å². The van der Waals surface area contributed by atoms with E-state index in [0.717, 1.165) is 18.4 Å². The molecule has 1 heterocycles. The fraction of sp³-hybridized carbons (Fsp3) is 0.579. The second-order valence-corrected chi connectivity index (χ2v) is 9.18. The molecule has 1 aliphatic rings. The first-order chi connectivity index (χ1) is 12.7. The molecular weight excluding hydrogens is 366 g/mol. The SMILES string of the molecule is Cc1ccc(S(=O)(=O)N[C@@H](CC(C)C)C(=O)N[C@H]2CCCCNC2=O)cc1. The number of benzene rings is 1. The number of carbonyl (C=O) groups is 2. The van der Waals surface area contributed by atoms with Crippen LogP contribution in [0.1, 0.15) is 45.1 Å². The monoisotopic (exact) mass is 395 g/mol. The molecule has 1 fully saturated rings. The molecule has 3 N–H and O–H groups in total. The van der Waals surface area contributed by atoms with Crippen LogP contribution in [0.5, 0.6) is 0 Å². The summed E-state index contributed by atoms with van der Waals surface area (Å²) in [6, 6.07) is 4.89. The Kier molecular flexibility index (Phi) is 7.38. The van der Waals surface area contributed by atoms with Gasteiger partial charge in [-0.1, -0.05) is 31.5 Å². The van der Waals surface area contributed by atoms with Crippen LogP contribution in [-0.4, -0.2) is 38.9 Å². The van der Waals surface area contributed by atoms with Gasteiger partial charge in [-0.2, -0.15) is 4.72 Å². The van der Waals surface area contributed by atoms with Gasteiger partial charge in [-0.25, -0.2) is 8.42 Å². The summed E-state index contributed by atoms with van der Waals surface area (Å²) in [4.78, 5) is 24.9. The van der Waals surface area contributed by atoms with Gasteiger partial charge in [0.15, 0.2) is 0 Å². The Balaban J connectivity index is 2.14. The first kappa shape index (κ1) is 21.4. The van der Waals surface area contributed by atoms with E-state index in [0.29, 0.717) is 19.4 Å². The predicted molar refractivity (Wildman–Crippen MR) is 104 cm³/mol. The van der Waals surface area contributed by atoms with Crippen molar-refractivity contribution in [2.75, 3.05) is 6.54 Å². The van der Waals surface area contributed by atoms with Gasteiger partial charge >= 0.3 is 0 Å². The summed E-state index contributed by atoms with van der Waals surface area (Å²) in [6.07, 6.45) is 2.59. The van der Waals surface area contributed by atoms with Crippen molar-refractivity contribution >= 4 is 21.8 Å². The van der Waals surface area contributed by atoms with Gasteiger partial charge in [0.1, 0.15) is 12.1 Å². The molecule has 7 nitrogen and oxygen atoms in total. The van der Waals surface area contributed by atoms with Gasteiger partial charge in [-0.15, -0.1) is 0 Å². The molecule has 1 aromatic rings. The average molecular weight is 396 g/mol. The van der Waals surface area contributed by atoms with Crippen molar-refractivity contribution in [1.82, 2.24) is 15.4 Å². The maximum absolute atomic E-state index is 12.7. The van der Waals surface area contributed by atoms with Crippen molar-refractivity contribution in [3.63, 3.8) is 0 Å². The van der Waals surface area contributed by atoms with Gasteiger partial charge in [-0.3, -0.25) is 9.59 Å². The molecule has 8 heteroatoms. The van der Waals surface area contributed by atoms with Crippen LogP contribution in [0.15, 0.2) is 29.2 Å². The summed E-state index contributed by atoms with van der Waals surface area (Å²) < 4.78 is 27.9. The Morgan fingerprint density at radius 1 is 1.22 bits per heavy atom. The maximum atomic E-state index is 12.7. The first-order valence-corrected chi connectivity index (χ1v) is 10.8. The lowest BCUT2D eigenvalue weighted by Crippen LogP contribution is -2.53. The summed E-state index contributed by atoms with van der Waals surface area (Å²) in [7, 11) is -3.84. The fourth-order valence-electron chi connectivity index (χ4n) is 3.00. The molecule has 1 saturated heterocycles. The number of hydrogen-bond acceptors (Lipinski definition) is 4. The van der Waals surface area contributed by atoms with E-state index in [4.69, 9.17) is 0 Å². The van der Waals surface area contributed by atoms with Crippen LogP contribution in [0.4, 0.5) is 0 Å². The molecule has 0 radical (unpaired) electrons. The van der Waals surface area contributed by atoms with Crippen molar-refractivity contribution in [2.45, 2.75) is 63.4 Å². The topological polar surface area (TPSA) is 104 Å². The highest BCUT2D eigenvalue weighted by molar-refractivity contribution is 7.89. The summed E-state index contributed by atoms with van der Waals surface area (Å²) in [5, 5.41) is 5.49. The number of rotatable bonds is 7. The third-order valence-electron chi connectivity index (χ3n) is 4.50. The lowest BCUT2D eigenvalue weighted by atomic mass is 10.0. The van der Waals surface area contributed by atoms with E-state index in [1.54, 1.807) is 12.1 Å². The lowest BCUT2D eigenvalue weighted by molar-refractivity contribution is -0.129. The minimum Gasteiger partial charge on any atom is -0.354 e. The standard InChI is InChI=1S/C19H29N3O4S/c1-13(2)12-17(19(24)21-16-6-4-5-11-20-18(16)23)22-27(25,26)15-9-7-14(3)8-10-15/h7-10,13,16-17,22H,4-6,11-12H2,1-3H3,(H,20,23)(H,21,24)/t16-,17-/m0/s1. The molecule has 2 rings (SSSR count). The molecule has 27 heavy (non-hydrogen) atoms. The molecular formula is C19H29N3O4S.